The minimum atomic E-state index is -4.09. The van der Waals surface area contributed by atoms with E-state index in [1.807, 2.05) is 0 Å². The molecule has 0 heterocycles. The van der Waals surface area contributed by atoms with Gasteiger partial charge in [0.05, 0.1) is 0 Å². The molecule has 0 aromatic carbocycles. The first-order valence-corrected chi connectivity index (χ1v) is 4.88. The van der Waals surface area contributed by atoms with Gasteiger partial charge in [-0.1, -0.05) is 13.8 Å². The third-order valence-electron chi connectivity index (χ3n) is 1.31. The summed E-state index contributed by atoms with van der Waals surface area (Å²) in [7, 11) is -4.09. The Kier molecular flexibility index (Phi) is 2.35. The van der Waals surface area contributed by atoms with Crippen molar-refractivity contribution >= 4 is 9.63 Å². The molecule has 0 aliphatic carbocycles. The van der Waals surface area contributed by atoms with Gasteiger partial charge in [0.15, 0.2) is 0 Å². The molecule has 0 amide bonds. The lowest BCUT2D eigenvalue weighted by Crippen LogP contribution is -2.38. The van der Waals surface area contributed by atoms with Gasteiger partial charge in [-0.25, -0.2) is 9.47 Å². The van der Waals surface area contributed by atoms with Crippen molar-refractivity contribution in [3.63, 3.8) is 0 Å². The van der Waals surface area contributed by atoms with Crippen LogP contribution in [-0.2, 0) is 14.0 Å². The highest BCUT2D eigenvalue weighted by molar-refractivity contribution is 8.10. The second-order valence-corrected chi connectivity index (χ2v) is 5.41. The molecule has 0 unspecified atom stereocenters. The standard InChI is InChI=1S/C4H12O4S/c1-3-9(6,7,4-2)8-5/h5H,3-4H2,1-2H3,(H,6,7). The van der Waals surface area contributed by atoms with Crippen LogP contribution in [-0.4, -0.2) is 25.5 Å². The molecule has 0 fully saturated rings. The van der Waals surface area contributed by atoms with Crippen LogP contribution in [0.25, 0.3) is 0 Å². The van der Waals surface area contributed by atoms with Gasteiger partial charge in [0.25, 0.3) is 0 Å². The van der Waals surface area contributed by atoms with E-state index < -0.39 is 9.63 Å². The van der Waals surface area contributed by atoms with Crippen LogP contribution in [0.1, 0.15) is 13.8 Å². The van der Waals surface area contributed by atoms with Gasteiger partial charge < -0.3 is 4.55 Å². The second-order valence-electron chi connectivity index (χ2n) is 1.80. The molecule has 0 atom stereocenters. The fourth-order valence-electron chi connectivity index (χ4n) is 0.310. The number of hydrogen-bond donors (Lipinski definition) is 2. The van der Waals surface area contributed by atoms with Gasteiger partial charge in [0.1, 0.15) is 9.63 Å². The Morgan fingerprint density at radius 1 is 1.44 bits per heavy atom. The summed E-state index contributed by atoms with van der Waals surface area (Å²) in [4.78, 5) is 0. The van der Waals surface area contributed by atoms with Crippen molar-refractivity contribution in [2.45, 2.75) is 13.8 Å². The predicted molar refractivity (Wildman–Crippen MR) is 35.6 cm³/mol. The smallest absolute Gasteiger partial charge is 0.113 e. The molecule has 0 aromatic heterocycles. The Morgan fingerprint density at radius 3 is 1.78 bits per heavy atom. The van der Waals surface area contributed by atoms with Gasteiger partial charge in [-0.2, -0.15) is 0 Å². The minimum absolute atomic E-state index is 0.0792. The summed E-state index contributed by atoms with van der Waals surface area (Å²) in [6, 6.07) is 0. The van der Waals surface area contributed by atoms with E-state index in [9.17, 15) is 4.21 Å². The van der Waals surface area contributed by atoms with Gasteiger partial charge >= 0.3 is 0 Å². The van der Waals surface area contributed by atoms with Crippen LogP contribution in [0.5, 0.6) is 0 Å². The highest BCUT2D eigenvalue weighted by Gasteiger charge is 2.29. The molecule has 0 aliphatic heterocycles. The van der Waals surface area contributed by atoms with Crippen LogP contribution in [0.3, 0.4) is 0 Å². The Labute approximate surface area is 54.2 Å². The van der Waals surface area contributed by atoms with E-state index in [4.69, 9.17) is 9.81 Å². The zero-order valence-electron chi connectivity index (χ0n) is 5.53. The fourth-order valence-corrected chi connectivity index (χ4v) is 0.929. The monoisotopic (exact) mass is 156 g/mol. The van der Waals surface area contributed by atoms with Crippen LogP contribution >= 0.6 is 0 Å². The first-order chi connectivity index (χ1) is 3.96. The van der Waals surface area contributed by atoms with Gasteiger partial charge in [0, 0.05) is 11.5 Å². The summed E-state index contributed by atoms with van der Waals surface area (Å²) in [5.41, 5.74) is 0. The first kappa shape index (κ1) is 9.03. The van der Waals surface area contributed by atoms with Crippen molar-refractivity contribution in [1.82, 2.24) is 0 Å². The van der Waals surface area contributed by atoms with Crippen LogP contribution < -0.4 is 0 Å². The lowest BCUT2D eigenvalue weighted by atomic mass is 11.0. The Bertz CT molecular complexity index is 131. The minimum Gasteiger partial charge on any atom is -0.306 e. The molecule has 0 rings (SSSR count). The molecule has 0 bridgehead atoms. The number of hydrogen-bond acceptors (Lipinski definition) is 3. The average molecular weight is 156 g/mol. The van der Waals surface area contributed by atoms with E-state index in [-0.39, 0.29) is 11.5 Å². The molecule has 0 radical (unpaired) electrons. The SMILES string of the molecule is CCS(=O)(O)(CC)OO. The quantitative estimate of drug-likeness (QED) is 0.467. The van der Waals surface area contributed by atoms with Crippen molar-refractivity contribution in [3.05, 3.63) is 0 Å². The molecular formula is C4H12O4S. The van der Waals surface area contributed by atoms with Crippen molar-refractivity contribution in [1.29, 1.82) is 0 Å². The topological polar surface area (TPSA) is 66.8 Å². The second kappa shape index (κ2) is 2.34. The van der Waals surface area contributed by atoms with E-state index in [2.05, 4.69) is 4.33 Å². The number of rotatable bonds is 3. The molecule has 0 saturated carbocycles. The van der Waals surface area contributed by atoms with Gasteiger partial charge in [0.2, 0.25) is 0 Å². The van der Waals surface area contributed by atoms with Crippen LogP contribution in [0.15, 0.2) is 0 Å². The Hall–Kier alpha value is 0.0300. The first-order valence-electron chi connectivity index (χ1n) is 2.69. The van der Waals surface area contributed by atoms with Gasteiger partial charge in [-0.3, -0.25) is 0 Å². The van der Waals surface area contributed by atoms with Crippen LogP contribution in [0.4, 0.5) is 0 Å². The third-order valence-corrected chi connectivity index (χ3v) is 3.92. The summed E-state index contributed by atoms with van der Waals surface area (Å²) in [5.74, 6) is -0.158. The lowest BCUT2D eigenvalue weighted by Gasteiger charge is -2.29. The van der Waals surface area contributed by atoms with E-state index in [1.165, 1.54) is 13.8 Å². The molecule has 58 valence electrons. The zero-order valence-corrected chi connectivity index (χ0v) is 6.35. The van der Waals surface area contributed by atoms with Crippen molar-refractivity contribution < 1.29 is 18.4 Å². The fraction of sp³-hybridized carbons (Fsp3) is 1.00. The zero-order chi connectivity index (χ0) is 7.57. The molecule has 5 heteroatoms. The lowest BCUT2D eigenvalue weighted by molar-refractivity contribution is -0.143. The van der Waals surface area contributed by atoms with Gasteiger partial charge in [-0.15, -0.1) is 4.33 Å². The highest BCUT2D eigenvalue weighted by atomic mass is 32.3. The van der Waals surface area contributed by atoms with Crippen LogP contribution in [0.2, 0.25) is 0 Å². The van der Waals surface area contributed by atoms with E-state index in [0.29, 0.717) is 0 Å². The molecular weight excluding hydrogens is 144 g/mol. The predicted octanol–water partition coefficient (Wildman–Crippen LogP) is 0.724. The molecule has 0 spiro atoms. The van der Waals surface area contributed by atoms with Gasteiger partial charge in [-0.05, 0) is 0 Å². The normalized spacial score (nSPS) is 16.7. The molecule has 0 saturated heterocycles. The average Bonchev–Trinajstić information content (AvgIpc) is 1.90. The maximum absolute atomic E-state index is 11.0. The van der Waals surface area contributed by atoms with Crippen molar-refractivity contribution in [2.75, 3.05) is 11.5 Å². The Balaban J connectivity index is 4.42. The van der Waals surface area contributed by atoms with Crippen LogP contribution in [0, 0.1) is 0 Å². The largest absolute Gasteiger partial charge is 0.306 e. The molecule has 4 nitrogen and oxygen atoms in total. The molecule has 0 aromatic rings. The molecule has 2 N–H and O–H groups in total. The Morgan fingerprint density at radius 2 is 1.78 bits per heavy atom. The molecule has 9 heavy (non-hydrogen) atoms. The third kappa shape index (κ3) is 2.02. The van der Waals surface area contributed by atoms with E-state index in [1.54, 1.807) is 0 Å². The summed E-state index contributed by atoms with van der Waals surface area (Å²) < 4.78 is 23.5. The van der Waals surface area contributed by atoms with Crippen molar-refractivity contribution in [3.8, 4) is 0 Å². The molecule has 0 aliphatic rings. The highest BCUT2D eigenvalue weighted by Crippen LogP contribution is 2.19. The van der Waals surface area contributed by atoms with E-state index >= 15 is 0 Å². The summed E-state index contributed by atoms with van der Waals surface area (Å²) in [6.07, 6.45) is 0. The summed E-state index contributed by atoms with van der Waals surface area (Å²) in [5, 5.41) is 8.03. The van der Waals surface area contributed by atoms with E-state index in [0.717, 1.165) is 0 Å². The maximum atomic E-state index is 11.0. The summed E-state index contributed by atoms with van der Waals surface area (Å²) >= 11 is 0. The summed E-state index contributed by atoms with van der Waals surface area (Å²) in [6.45, 7) is 2.96. The maximum Gasteiger partial charge on any atom is 0.113 e. The van der Waals surface area contributed by atoms with Crippen molar-refractivity contribution in [2.24, 2.45) is 0 Å².